The van der Waals surface area contributed by atoms with Gasteiger partial charge in [0.25, 0.3) is 0 Å². The van der Waals surface area contributed by atoms with E-state index in [2.05, 4.69) is 0 Å². The van der Waals surface area contributed by atoms with Gasteiger partial charge in [-0.05, 0) is 37.5 Å². The number of rotatable bonds is 4. The van der Waals surface area contributed by atoms with Crippen LogP contribution in [-0.4, -0.2) is 26.2 Å². The van der Waals surface area contributed by atoms with E-state index in [0.29, 0.717) is 0 Å². The minimum absolute atomic E-state index is 0.143. The molecule has 0 spiro atoms. The molecule has 0 aromatic heterocycles. The molecule has 0 bridgehead atoms. The highest BCUT2D eigenvalue weighted by atomic mass is 16.5. The van der Waals surface area contributed by atoms with Crippen LogP contribution in [-0.2, 0) is 19.1 Å². The molecule has 2 aliphatic rings. The summed E-state index contributed by atoms with van der Waals surface area (Å²) in [5, 5.41) is 0. The first-order valence-electron chi connectivity index (χ1n) is 5.34. The van der Waals surface area contributed by atoms with Crippen molar-refractivity contribution in [3.05, 3.63) is 0 Å². The molecule has 4 nitrogen and oxygen atoms in total. The van der Waals surface area contributed by atoms with Crippen LogP contribution in [0.1, 0.15) is 25.7 Å². The van der Waals surface area contributed by atoms with Crippen molar-refractivity contribution >= 4 is 11.9 Å². The molecule has 0 radical (unpaired) electrons. The van der Waals surface area contributed by atoms with Gasteiger partial charge in [0, 0.05) is 0 Å². The summed E-state index contributed by atoms with van der Waals surface area (Å²) >= 11 is 0. The molecule has 0 aromatic carbocycles. The van der Waals surface area contributed by atoms with Gasteiger partial charge in [-0.3, -0.25) is 9.59 Å². The smallest absolute Gasteiger partial charge is 0.323 e. The van der Waals surface area contributed by atoms with E-state index in [9.17, 15) is 9.59 Å². The Morgan fingerprint density at radius 1 is 0.933 bits per heavy atom. The largest absolute Gasteiger partial charge is 0.468 e. The molecule has 0 atom stereocenters. The summed E-state index contributed by atoms with van der Waals surface area (Å²) in [7, 11) is 2.68. The number of hydrogen-bond donors (Lipinski definition) is 0. The molecular formula is C11H16O4. The molecule has 0 aliphatic heterocycles. The Hall–Kier alpha value is -1.06. The Morgan fingerprint density at radius 2 is 1.27 bits per heavy atom. The maximum Gasteiger partial charge on any atom is 0.323 e. The van der Waals surface area contributed by atoms with E-state index in [1.807, 2.05) is 0 Å². The summed E-state index contributed by atoms with van der Waals surface area (Å²) in [4.78, 5) is 23.7. The first-order chi connectivity index (χ1) is 7.17. The van der Waals surface area contributed by atoms with E-state index in [4.69, 9.17) is 9.47 Å². The van der Waals surface area contributed by atoms with Crippen LogP contribution in [0.15, 0.2) is 0 Å². The van der Waals surface area contributed by atoms with Gasteiger partial charge in [0.2, 0.25) is 0 Å². The molecule has 0 saturated heterocycles. The van der Waals surface area contributed by atoms with Crippen molar-refractivity contribution in [2.45, 2.75) is 25.7 Å². The highest BCUT2D eigenvalue weighted by Gasteiger charge is 2.65. The van der Waals surface area contributed by atoms with Crippen molar-refractivity contribution < 1.29 is 19.1 Å². The lowest BCUT2D eigenvalue weighted by Gasteiger charge is -2.27. The molecule has 2 fully saturated rings. The van der Waals surface area contributed by atoms with E-state index in [-0.39, 0.29) is 11.8 Å². The van der Waals surface area contributed by atoms with E-state index >= 15 is 0 Å². The van der Waals surface area contributed by atoms with E-state index in [0.717, 1.165) is 25.7 Å². The summed E-state index contributed by atoms with van der Waals surface area (Å²) < 4.78 is 9.60. The maximum absolute atomic E-state index is 11.9. The normalized spacial score (nSPS) is 20.9. The summed E-state index contributed by atoms with van der Waals surface area (Å²) in [5.74, 6) is -0.520. The number of carbonyl (C=O) groups excluding carboxylic acids is 2. The first kappa shape index (κ1) is 10.5. The second-order valence-corrected chi connectivity index (χ2v) is 4.40. The predicted molar refractivity (Wildman–Crippen MR) is 51.9 cm³/mol. The fourth-order valence-electron chi connectivity index (χ4n) is 2.50. The molecule has 0 amide bonds. The third-order valence-corrected chi connectivity index (χ3v) is 3.49. The first-order valence-corrected chi connectivity index (χ1v) is 5.34. The number of carbonyl (C=O) groups is 2. The Morgan fingerprint density at radius 3 is 1.47 bits per heavy atom. The summed E-state index contributed by atoms with van der Waals surface area (Å²) in [5.41, 5.74) is -0.983. The molecule has 0 unspecified atom stereocenters. The van der Waals surface area contributed by atoms with Gasteiger partial charge in [-0.25, -0.2) is 0 Å². The standard InChI is InChI=1S/C11H16O4/c1-14-9(12)11(7-3-4-7,8-5-6-8)10(13)15-2/h7-8H,3-6H2,1-2H3. The summed E-state index contributed by atoms with van der Waals surface area (Å²) in [6.07, 6.45) is 3.73. The molecule has 84 valence electrons. The van der Waals surface area contributed by atoms with E-state index in [1.54, 1.807) is 0 Å². The molecule has 0 heterocycles. The summed E-state index contributed by atoms with van der Waals surface area (Å²) in [6, 6.07) is 0. The fraction of sp³-hybridized carbons (Fsp3) is 0.818. The molecule has 15 heavy (non-hydrogen) atoms. The van der Waals surface area contributed by atoms with Crippen LogP contribution in [0, 0.1) is 17.3 Å². The quantitative estimate of drug-likeness (QED) is 0.518. The predicted octanol–water partition coefficient (Wildman–Crippen LogP) is 1.14. The van der Waals surface area contributed by atoms with Crippen LogP contribution >= 0.6 is 0 Å². The lowest BCUT2D eigenvalue weighted by molar-refractivity contribution is -0.173. The second kappa shape index (κ2) is 3.51. The topological polar surface area (TPSA) is 52.6 Å². The molecule has 4 heteroatoms. The van der Waals surface area contributed by atoms with E-state index < -0.39 is 17.4 Å². The molecule has 0 N–H and O–H groups in total. The average molecular weight is 212 g/mol. The lowest BCUT2D eigenvalue weighted by Crippen LogP contribution is -2.45. The van der Waals surface area contributed by atoms with Crippen molar-refractivity contribution in [2.24, 2.45) is 17.3 Å². The second-order valence-electron chi connectivity index (χ2n) is 4.40. The van der Waals surface area contributed by atoms with Crippen molar-refractivity contribution in [3.8, 4) is 0 Å². The van der Waals surface area contributed by atoms with Gasteiger partial charge >= 0.3 is 11.9 Å². The van der Waals surface area contributed by atoms with Crippen LogP contribution < -0.4 is 0 Å². The number of methoxy groups -OCH3 is 2. The zero-order valence-electron chi connectivity index (χ0n) is 9.12. The van der Waals surface area contributed by atoms with Crippen LogP contribution in [0.3, 0.4) is 0 Å². The van der Waals surface area contributed by atoms with Crippen molar-refractivity contribution in [1.82, 2.24) is 0 Å². The number of hydrogen-bond acceptors (Lipinski definition) is 4. The minimum Gasteiger partial charge on any atom is -0.468 e. The molecule has 2 rings (SSSR count). The maximum atomic E-state index is 11.9. The molecular weight excluding hydrogens is 196 g/mol. The zero-order valence-corrected chi connectivity index (χ0v) is 9.12. The van der Waals surface area contributed by atoms with Gasteiger partial charge in [0.05, 0.1) is 14.2 Å². The molecule has 2 aliphatic carbocycles. The van der Waals surface area contributed by atoms with Gasteiger partial charge in [-0.1, -0.05) is 0 Å². The number of esters is 2. The van der Waals surface area contributed by atoms with Crippen LogP contribution in [0.5, 0.6) is 0 Å². The van der Waals surface area contributed by atoms with Gasteiger partial charge in [0.15, 0.2) is 5.41 Å². The number of ether oxygens (including phenoxy) is 2. The van der Waals surface area contributed by atoms with Gasteiger partial charge in [0.1, 0.15) is 0 Å². The van der Waals surface area contributed by atoms with Crippen molar-refractivity contribution in [1.29, 1.82) is 0 Å². The van der Waals surface area contributed by atoms with Gasteiger partial charge < -0.3 is 9.47 Å². The third kappa shape index (κ3) is 1.43. The highest BCUT2D eigenvalue weighted by Crippen LogP contribution is 2.59. The van der Waals surface area contributed by atoms with Crippen LogP contribution in [0.4, 0.5) is 0 Å². The van der Waals surface area contributed by atoms with Crippen LogP contribution in [0.2, 0.25) is 0 Å². The van der Waals surface area contributed by atoms with Crippen LogP contribution in [0.25, 0.3) is 0 Å². The SMILES string of the molecule is COC(=O)C(C(=O)OC)(C1CC1)C1CC1. The zero-order chi connectivity index (χ0) is 11.1. The Kier molecular flexibility index (Phi) is 2.44. The van der Waals surface area contributed by atoms with E-state index in [1.165, 1.54) is 14.2 Å². The summed E-state index contributed by atoms with van der Waals surface area (Å²) in [6.45, 7) is 0. The monoisotopic (exact) mass is 212 g/mol. The van der Waals surface area contributed by atoms with Gasteiger partial charge in [-0.2, -0.15) is 0 Å². The highest BCUT2D eigenvalue weighted by molar-refractivity contribution is 6.01. The Labute approximate surface area is 88.9 Å². The van der Waals surface area contributed by atoms with Gasteiger partial charge in [-0.15, -0.1) is 0 Å². The molecule has 2 saturated carbocycles. The Balaban J connectivity index is 2.32. The lowest BCUT2D eigenvalue weighted by atomic mass is 9.77. The van der Waals surface area contributed by atoms with Crippen molar-refractivity contribution in [3.63, 3.8) is 0 Å². The fourth-order valence-corrected chi connectivity index (χ4v) is 2.50. The average Bonchev–Trinajstić information content (AvgIpc) is 3.08. The molecule has 0 aromatic rings. The Bertz CT molecular complexity index is 259. The van der Waals surface area contributed by atoms with Crippen molar-refractivity contribution in [2.75, 3.05) is 14.2 Å². The third-order valence-electron chi connectivity index (χ3n) is 3.49. The minimum atomic E-state index is -0.983.